The zero-order valence-corrected chi connectivity index (χ0v) is 10.3. The average molecular weight is 270 g/mol. The van der Waals surface area contributed by atoms with Crippen molar-refractivity contribution < 1.29 is 24.2 Å². The number of aliphatic carboxylic acids is 1. The van der Waals surface area contributed by atoms with Gasteiger partial charge in [0.15, 0.2) is 0 Å². The van der Waals surface area contributed by atoms with Crippen LogP contribution in [0.5, 0.6) is 0 Å². The van der Waals surface area contributed by atoms with Crippen LogP contribution in [0.4, 0.5) is 14.9 Å². The van der Waals surface area contributed by atoms with Gasteiger partial charge < -0.3 is 20.8 Å². The van der Waals surface area contributed by atoms with Crippen LogP contribution in [-0.2, 0) is 4.79 Å². The number of aryl methyl sites for hydroxylation is 1. The maximum atomic E-state index is 13.1. The number of rotatable bonds is 5. The molecule has 1 atom stereocenters. The SMILES string of the molecule is Cc1cc(F)cc(NC(=O)NC(CCO)C(=O)O)c1. The van der Waals surface area contributed by atoms with Crippen LogP contribution in [0.2, 0.25) is 0 Å². The molecule has 0 aromatic heterocycles. The fourth-order valence-electron chi connectivity index (χ4n) is 1.52. The lowest BCUT2D eigenvalue weighted by molar-refractivity contribution is -0.139. The molecule has 1 aromatic rings. The number of hydrogen-bond donors (Lipinski definition) is 4. The van der Waals surface area contributed by atoms with E-state index in [1.165, 1.54) is 6.07 Å². The molecule has 4 N–H and O–H groups in total. The fourth-order valence-corrected chi connectivity index (χ4v) is 1.52. The Kier molecular flexibility index (Phi) is 5.25. The number of benzene rings is 1. The van der Waals surface area contributed by atoms with Crippen molar-refractivity contribution in [2.24, 2.45) is 0 Å². The number of carbonyl (C=O) groups is 2. The lowest BCUT2D eigenvalue weighted by Gasteiger charge is -2.14. The Balaban J connectivity index is 2.66. The van der Waals surface area contributed by atoms with Gasteiger partial charge in [0.2, 0.25) is 0 Å². The predicted octanol–water partition coefficient (Wildman–Crippen LogP) is 1.09. The Hall–Kier alpha value is -2.15. The van der Waals surface area contributed by atoms with Crippen LogP contribution in [0.1, 0.15) is 12.0 Å². The van der Waals surface area contributed by atoms with E-state index < -0.39 is 23.9 Å². The van der Waals surface area contributed by atoms with Crippen molar-refractivity contribution in [2.45, 2.75) is 19.4 Å². The molecule has 0 aliphatic carbocycles. The van der Waals surface area contributed by atoms with Crippen LogP contribution in [0, 0.1) is 12.7 Å². The number of aliphatic hydroxyl groups is 1. The first-order valence-electron chi connectivity index (χ1n) is 5.60. The highest BCUT2D eigenvalue weighted by atomic mass is 19.1. The Morgan fingerprint density at radius 2 is 2.05 bits per heavy atom. The molecule has 2 amide bonds. The molecule has 0 heterocycles. The van der Waals surface area contributed by atoms with Crippen LogP contribution in [0.15, 0.2) is 18.2 Å². The van der Waals surface area contributed by atoms with E-state index in [-0.39, 0.29) is 18.7 Å². The second kappa shape index (κ2) is 6.69. The summed E-state index contributed by atoms with van der Waals surface area (Å²) in [5.41, 5.74) is 0.851. The third-order valence-electron chi connectivity index (χ3n) is 2.32. The first kappa shape index (κ1) is 14.9. The summed E-state index contributed by atoms with van der Waals surface area (Å²) in [4.78, 5) is 22.3. The van der Waals surface area contributed by atoms with Crippen molar-refractivity contribution in [1.29, 1.82) is 0 Å². The minimum absolute atomic E-state index is 0.106. The van der Waals surface area contributed by atoms with Gasteiger partial charge in [0.05, 0.1) is 0 Å². The number of nitrogens with one attached hydrogen (secondary N) is 2. The molecular weight excluding hydrogens is 255 g/mol. The molecular formula is C12H15FN2O4. The van der Waals surface area contributed by atoms with Crippen molar-refractivity contribution in [3.05, 3.63) is 29.6 Å². The van der Waals surface area contributed by atoms with Crippen LogP contribution in [0.25, 0.3) is 0 Å². The maximum Gasteiger partial charge on any atom is 0.326 e. The molecule has 19 heavy (non-hydrogen) atoms. The number of anilines is 1. The second-order valence-electron chi connectivity index (χ2n) is 4.02. The molecule has 1 rings (SSSR count). The van der Waals surface area contributed by atoms with Gasteiger partial charge in [-0.25, -0.2) is 14.0 Å². The zero-order valence-electron chi connectivity index (χ0n) is 10.3. The van der Waals surface area contributed by atoms with E-state index in [0.717, 1.165) is 6.07 Å². The zero-order chi connectivity index (χ0) is 14.4. The second-order valence-corrected chi connectivity index (χ2v) is 4.02. The highest BCUT2D eigenvalue weighted by molar-refractivity contribution is 5.92. The molecule has 0 spiro atoms. The largest absolute Gasteiger partial charge is 0.480 e. The van der Waals surface area contributed by atoms with Crippen molar-refractivity contribution in [1.82, 2.24) is 5.32 Å². The first-order chi connectivity index (χ1) is 8.92. The van der Waals surface area contributed by atoms with Crippen molar-refractivity contribution >= 4 is 17.7 Å². The van der Waals surface area contributed by atoms with E-state index in [2.05, 4.69) is 10.6 Å². The highest BCUT2D eigenvalue weighted by Gasteiger charge is 2.19. The Bertz CT molecular complexity index is 459. The minimum atomic E-state index is -1.25. The summed E-state index contributed by atoms with van der Waals surface area (Å²) in [6.45, 7) is 1.30. The topological polar surface area (TPSA) is 98.7 Å². The molecule has 1 aromatic carbocycles. The molecule has 0 saturated heterocycles. The molecule has 6 nitrogen and oxygen atoms in total. The third-order valence-corrected chi connectivity index (χ3v) is 2.32. The lowest BCUT2D eigenvalue weighted by Crippen LogP contribution is -2.43. The van der Waals surface area contributed by atoms with Gasteiger partial charge in [-0.2, -0.15) is 0 Å². The summed E-state index contributed by atoms with van der Waals surface area (Å²) < 4.78 is 13.1. The van der Waals surface area contributed by atoms with Gasteiger partial charge >= 0.3 is 12.0 Å². The van der Waals surface area contributed by atoms with Gasteiger partial charge in [0.1, 0.15) is 11.9 Å². The van der Waals surface area contributed by atoms with Gasteiger partial charge in [-0.15, -0.1) is 0 Å². The van der Waals surface area contributed by atoms with E-state index in [9.17, 15) is 14.0 Å². The normalized spacial score (nSPS) is 11.7. The summed E-state index contributed by atoms with van der Waals surface area (Å²) in [6, 6.07) is 2.00. The average Bonchev–Trinajstić information content (AvgIpc) is 2.26. The molecule has 0 radical (unpaired) electrons. The van der Waals surface area contributed by atoms with Gasteiger partial charge in [-0.05, 0) is 30.7 Å². The van der Waals surface area contributed by atoms with E-state index >= 15 is 0 Å². The summed E-state index contributed by atoms with van der Waals surface area (Å²) in [7, 11) is 0. The maximum absolute atomic E-state index is 13.1. The Morgan fingerprint density at radius 1 is 1.37 bits per heavy atom. The third kappa shape index (κ3) is 4.92. The molecule has 0 fully saturated rings. The molecule has 104 valence electrons. The Morgan fingerprint density at radius 3 is 2.58 bits per heavy atom. The standard InChI is InChI=1S/C12H15FN2O4/c1-7-4-8(13)6-9(5-7)14-12(19)15-10(2-3-16)11(17)18/h4-6,10,16H,2-3H2,1H3,(H,17,18)(H2,14,15,19). The first-order valence-corrected chi connectivity index (χ1v) is 5.60. The number of hydrogen-bond acceptors (Lipinski definition) is 3. The van der Waals surface area contributed by atoms with Crippen LogP contribution in [-0.4, -0.2) is 34.9 Å². The number of carboxylic acid groups (broad SMARTS) is 1. The monoisotopic (exact) mass is 270 g/mol. The van der Waals surface area contributed by atoms with Gasteiger partial charge in [-0.1, -0.05) is 0 Å². The number of amides is 2. The fraction of sp³-hybridized carbons (Fsp3) is 0.333. The van der Waals surface area contributed by atoms with E-state index in [1.54, 1.807) is 13.0 Å². The molecule has 0 saturated carbocycles. The summed E-state index contributed by atoms with van der Waals surface area (Å²) in [5, 5.41) is 22.0. The van der Waals surface area contributed by atoms with Crippen LogP contribution < -0.4 is 10.6 Å². The summed E-state index contributed by atoms with van der Waals surface area (Å²) >= 11 is 0. The number of carbonyl (C=O) groups excluding carboxylic acids is 1. The smallest absolute Gasteiger partial charge is 0.326 e. The van der Waals surface area contributed by atoms with E-state index in [4.69, 9.17) is 10.2 Å². The minimum Gasteiger partial charge on any atom is -0.480 e. The van der Waals surface area contributed by atoms with Gasteiger partial charge in [-0.3, -0.25) is 0 Å². The number of carboxylic acids is 1. The number of halogens is 1. The van der Waals surface area contributed by atoms with Crippen molar-refractivity contribution in [3.63, 3.8) is 0 Å². The highest BCUT2D eigenvalue weighted by Crippen LogP contribution is 2.13. The summed E-state index contributed by atoms with van der Waals surface area (Å²) in [5.74, 6) is -1.75. The van der Waals surface area contributed by atoms with Gasteiger partial charge in [0, 0.05) is 18.7 Å². The predicted molar refractivity (Wildman–Crippen MR) is 66.4 cm³/mol. The molecule has 0 aliphatic rings. The van der Waals surface area contributed by atoms with Crippen molar-refractivity contribution in [3.8, 4) is 0 Å². The van der Waals surface area contributed by atoms with E-state index in [1.807, 2.05) is 0 Å². The van der Waals surface area contributed by atoms with Gasteiger partial charge in [0.25, 0.3) is 0 Å². The molecule has 7 heteroatoms. The van der Waals surface area contributed by atoms with E-state index in [0.29, 0.717) is 5.56 Å². The number of aliphatic hydroxyl groups excluding tert-OH is 1. The van der Waals surface area contributed by atoms with Crippen molar-refractivity contribution in [2.75, 3.05) is 11.9 Å². The molecule has 0 aliphatic heterocycles. The lowest BCUT2D eigenvalue weighted by atomic mass is 10.2. The summed E-state index contributed by atoms with van der Waals surface area (Å²) in [6.07, 6.45) is -0.106. The van der Waals surface area contributed by atoms with Crippen LogP contribution in [0.3, 0.4) is 0 Å². The number of urea groups is 1. The molecule has 1 unspecified atom stereocenters. The van der Waals surface area contributed by atoms with Crippen LogP contribution >= 0.6 is 0 Å². The quantitative estimate of drug-likeness (QED) is 0.643. The Labute approximate surface area is 109 Å². The molecule has 0 bridgehead atoms.